The molecule has 2 aromatic carbocycles. The van der Waals surface area contributed by atoms with Crippen LogP contribution < -0.4 is 16.4 Å². The number of likely N-dealkylation sites (tertiary alicyclic amines) is 1. The van der Waals surface area contributed by atoms with Gasteiger partial charge in [0.1, 0.15) is 12.6 Å². The quantitative estimate of drug-likeness (QED) is 0.319. The molecule has 1 atom stereocenters. The van der Waals surface area contributed by atoms with Crippen molar-refractivity contribution in [3.05, 3.63) is 65.2 Å². The fraction of sp³-hybridized carbons (Fsp3) is 0.419. The zero-order chi connectivity index (χ0) is 29.4. The van der Waals surface area contributed by atoms with Gasteiger partial charge in [-0.3, -0.25) is 24.1 Å². The van der Waals surface area contributed by atoms with E-state index in [4.69, 9.17) is 10.8 Å². The second-order valence-corrected chi connectivity index (χ2v) is 10.5. The normalized spacial score (nSPS) is 16.0. The summed E-state index contributed by atoms with van der Waals surface area (Å²) in [5, 5.41) is 14.5. The summed E-state index contributed by atoms with van der Waals surface area (Å²) in [4.78, 5) is 52.7. The Hall–Kier alpha value is -4.04. The summed E-state index contributed by atoms with van der Waals surface area (Å²) in [5.41, 5.74) is 8.03. The number of rotatable bonds is 10. The molecule has 1 saturated heterocycles. The van der Waals surface area contributed by atoms with Gasteiger partial charge in [-0.05, 0) is 74.2 Å². The van der Waals surface area contributed by atoms with Gasteiger partial charge in [0, 0.05) is 61.0 Å². The van der Waals surface area contributed by atoms with Crippen LogP contribution in [0.5, 0.6) is 0 Å². The molecule has 0 bridgehead atoms. The van der Waals surface area contributed by atoms with Crippen LogP contribution in [-0.4, -0.2) is 89.3 Å². The van der Waals surface area contributed by atoms with Crippen molar-refractivity contribution in [1.29, 1.82) is 0 Å². The topological polar surface area (TPSA) is 145 Å². The van der Waals surface area contributed by atoms with Crippen LogP contribution in [-0.2, 0) is 14.4 Å². The summed E-state index contributed by atoms with van der Waals surface area (Å²) in [6, 6.07) is 13.8. The molecule has 1 heterocycles. The molecule has 0 radical (unpaired) electrons. The molecule has 2 aromatic rings. The largest absolute Gasteiger partial charge is 0.388 e. The number of nitrogens with zero attached hydrogens (tertiary/aromatic N) is 2. The van der Waals surface area contributed by atoms with Crippen LogP contribution in [0.1, 0.15) is 54.1 Å². The van der Waals surface area contributed by atoms with Crippen molar-refractivity contribution in [1.82, 2.24) is 15.1 Å². The van der Waals surface area contributed by atoms with Crippen LogP contribution in [0.2, 0.25) is 0 Å². The molecule has 1 aliphatic carbocycles. The Bertz CT molecular complexity index is 1300. The molecule has 1 saturated carbocycles. The Balaban J connectivity index is 1.28. The molecular weight excluding hydrogens is 522 g/mol. The van der Waals surface area contributed by atoms with E-state index < -0.39 is 24.3 Å². The second-order valence-electron chi connectivity index (χ2n) is 10.5. The molecule has 41 heavy (non-hydrogen) atoms. The van der Waals surface area contributed by atoms with E-state index in [1.165, 1.54) is 0 Å². The number of amides is 3. The molecule has 10 nitrogen and oxygen atoms in total. The van der Waals surface area contributed by atoms with Crippen molar-refractivity contribution < 1.29 is 24.3 Å². The average molecular weight is 560 g/mol. The number of ketones is 1. The van der Waals surface area contributed by atoms with Gasteiger partial charge < -0.3 is 26.4 Å². The van der Waals surface area contributed by atoms with Gasteiger partial charge in [-0.2, -0.15) is 0 Å². The lowest BCUT2D eigenvalue weighted by Gasteiger charge is -2.38. The number of carbonyl (C=O) groups excluding carboxylic acids is 4. The maximum absolute atomic E-state index is 12.9. The number of hydrogen-bond donors (Lipinski definition) is 4. The van der Waals surface area contributed by atoms with Crippen LogP contribution in [0, 0.1) is 11.8 Å². The maximum Gasteiger partial charge on any atom is 0.251 e. The predicted molar refractivity (Wildman–Crippen MR) is 155 cm³/mol. The van der Waals surface area contributed by atoms with Crippen molar-refractivity contribution in [2.24, 2.45) is 5.73 Å². The number of Topliss-reactive ketones (excluding diaryl/α,β-unsaturated/α-hetero) is 1. The summed E-state index contributed by atoms with van der Waals surface area (Å²) < 4.78 is 0. The van der Waals surface area contributed by atoms with Crippen molar-refractivity contribution >= 4 is 29.2 Å². The van der Waals surface area contributed by atoms with Gasteiger partial charge in [0.2, 0.25) is 11.8 Å². The van der Waals surface area contributed by atoms with Crippen LogP contribution in [0.15, 0.2) is 48.5 Å². The minimum Gasteiger partial charge on any atom is -0.388 e. The number of aliphatic hydroxyl groups excluding tert-OH is 1. The first kappa shape index (κ1) is 29.9. The Morgan fingerprint density at radius 1 is 0.951 bits per heavy atom. The average Bonchev–Trinajstić information content (AvgIpc) is 3.83. The highest BCUT2D eigenvalue weighted by molar-refractivity contribution is 5.98. The fourth-order valence-electron chi connectivity index (χ4n) is 4.95. The molecule has 10 heteroatoms. The summed E-state index contributed by atoms with van der Waals surface area (Å²) in [6.45, 7) is 2.65. The predicted octanol–water partition coefficient (Wildman–Crippen LogP) is 1.12. The highest BCUT2D eigenvalue weighted by Crippen LogP contribution is 2.31. The lowest BCUT2D eigenvalue weighted by molar-refractivity contribution is -0.131. The van der Waals surface area contributed by atoms with E-state index in [-0.39, 0.29) is 18.4 Å². The Morgan fingerprint density at radius 2 is 1.51 bits per heavy atom. The molecule has 4 rings (SSSR count). The van der Waals surface area contributed by atoms with E-state index in [0.29, 0.717) is 35.4 Å². The molecule has 2 fully saturated rings. The number of hydrogen-bond acceptors (Lipinski definition) is 7. The molecule has 0 unspecified atom stereocenters. The van der Waals surface area contributed by atoms with E-state index in [2.05, 4.69) is 27.4 Å². The third-order valence-electron chi connectivity index (χ3n) is 7.47. The summed E-state index contributed by atoms with van der Waals surface area (Å²) in [7, 11) is 0. The molecule has 5 N–H and O–H groups in total. The molecule has 0 aromatic heterocycles. The Labute approximate surface area is 240 Å². The lowest BCUT2D eigenvalue weighted by Crippen LogP contribution is -2.49. The van der Waals surface area contributed by atoms with Gasteiger partial charge in [0.05, 0.1) is 6.54 Å². The standard InChI is InChI=1S/C31H37N5O5/c1-21(38)35-16-14-27(15-17-35)36(26-12-13-26)19-30(40)33-25-10-6-23(7-11-25)3-2-22-4-8-24(9-5-22)31(41)34-28(18-32)29(39)20-37/h4-11,26-28,37H,12-20,32H2,1H3,(H,33,40)(H,34,41)/t28-/m0/s1. The monoisotopic (exact) mass is 559 g/mol. The van der Waals surface area contributed by atoms with Gasteiger partial charge in [-0.15, -0.1) is 0 Å². The van der Waals surface area contributed by atoms with Crippen molar-refractivity contribution in [2.75, 3.05) is 38.1 Å². The van der Waals surface area contributed by atoms with Crippen LogP contribution >= 0.6 is 0 Å². The van der Waals surface area contributed by atoms with Crippen LogP contribution in [0.4, 0.5) is 5.69 Å². The second kappa shape index (κ2) is 14.0. The van der Waals surface area contributed by atoms with E-state index >= 15 is 0 Å². The molecule has 0 spiro atoms. The van der Waals surface area contributed by atoms with Gasteiger partial charge in [0.15, 0.2) is 5.78 Å². The summed E-state index contributed by atoms with van der Waals surface area (Å²) in [6.07, 6.45) is 4.02. The van der Waals surface area contributed by atoms with Gasteiger partial charge in [-0.25, -0.2) is 0 Å². The first-order valence-electron chi connectivity index (χ1n) is 13.9. The number of nitrogens with one attached hydrogen (secondary N) is 2. The highest BCUT2D eigenvalue weighted by atomic mass is 16.3. The van der Waals surface area contributed by atoms with Gasteiger partial charge >= 0.3 is 0 Å². The zero-order valence-electron chi connectivity index (χ0n) is 23.3. The first-order valence-corrected chi connectivity index (χ1v) is 13.9. The smallest absolute Gasteiger partial charge is 0.251 e. The molecule has 3 amide bonds. The highest BCUT2D eigenvalue weighted by Gasteiger charge is 2.36. The number of carbonyl (C=O) groups is 4. The maximum atomic E-state index is 12.9. The number of piperidine rings is 1. The van der Waals surface area contributed by atoms with E-state index in [1.54, 1.807) is 31.2 Å². The lowest BCUT2D eigenvalue weighted by atomic mass is 10.0. The Morgan fingerprint density at radius 3 is 2.02 bits per heavy atom. The van der Waals surface area contributed by atoms with E-state index in [1.807, 2.05) is 29.2 Å². The molecule has 2 aliphatic rings. The molecule has 216 valence electrons. The first-order chi connectivity index (χ1) is 19.8. The van der Waals surface area contributed by atoms with Crippen LogP contribution in [0.25, 0.3) is 0 Å². The number of nitrogens with two attached hydrogens (primary N) is 1. The number of anilines is 1. The fourth-order valence-corrected chi connectivity index (χ4v) is 4.95. The molecular formula is C31H37N5O5. The minimum atomic E-state index is -0.936. The SMILES string of the molecule is CC(=O)N1CCC(N(CC(=O)Nc2ccc(C#Cc3ccc(C(=O)N[C@@H](CN)C(=O)CO)cc3)cc2)C2CC2)CC1. The van der Waals surface area contributed by atoms with E-state index in [0.717, 1.165) is 44.3 Å². The number of benzene rings is 2. The summed E-state index contributed by atoms with van der Waals surface area (Å²) >= 11 is 0. The summed E-state index contributed by atoms with van der Waals surface area (Å²) in [5.74, 6) is 5.19. The van der Waals surface area contributed by atoms with Crippen molar-refractivity contribution in [2.45, 2.75) is 50.7 Å². The van der Waals surface area contributed by atoms with E-state index in [9.17, 15) is 19.2 Å². The van der Waals surface area contributed by atoms with Gasteiger partial charge in [-0.1, -0.05) is 11.8 Å². The van der Waals surface area contributed by atoms with Crippen LogP contribution in [0.3, 0.4) is 0 Å². The third kappa shape index (κ3) is 8.47. The van der Waals surface area contributed by atoms with Crippen molar-refractivity contribution in [3.8, 4) is 11.8 Å². The Kier molecular flexibility index (Phi) is 10.2. The van der Waals surface area contributed by atoms with Crippen molar-refractivity contribution in [3.63, 3.8) is 0 Å². The number of aliphatic hydroxyl groups is 1. The zero-order valence-corrected chi connectivity index (χ0v) is 23.3. The minimum absolute atomic E-state index is 0.0487. The third-order valence-corrected chi connectivity index (χ3v) is 7.47. The molecule has 1 aliphatic heterocycles. The van der Waals surface area contributed by atoms with Gasteiger partial charge in [0.25, 0.3) is 5.91 Å².